The van der Waals surface area contributed by atoms with Gasteiger partial charge in [-0.25, -0.2) is 0 Å². The predicted molar refractivity (Wildman–Crippen MR) is 115 cm³/mol. The SMILES string of the molecule is CN(C)CC(=O)OC[C@H]1CC[C@@H]2[C@H](O1)c1cc(C(F)(F)F)ccc1N[C@H]2C1C=CC=CC1. The van der Waals surface area contributed by atoms with E-state index >= 15 is 0 Å². The molecule has 0 aromatic heterocycles. The van der Waals surface area contributed by atoms with Gasteiger partial charge in [-0.15, -0.1) is 0 Å². The monoisotopic (exact) mass is 450 g/mol. The number of hydrogen-bond acceptors (Lipinski definition) is 5. The lowest BCUT2D eigenvalue weighted by atomic mass is 9.73. The summed E-state index contributed by atoms with van der Waals surface area (Å²) in [6.07, 6.45) is 5.39. The van der Waals surface area contributed by atoms with Crippen molar-refractivity contribution in [3.8, 4) is 0 Å². The van der Waals surface area contributed by atoms with Crippen LogP contribution in [0, 0.1) is 11.8 Å². The van der Waals surface area contributed by atoms with E-state index in [1.54, 1.807) is 19.0 Å². The molecule has 1 aromatic carbocycles. The lowest BCUT2D eigenvalue weighted by molar-refractivity contribution is -0.158. The van der Waals surface area contributed by atoms with Gasteiger partial charge in [-0.3, -0.25) is 9.69 Å². The Morgan fingerprint density at radius 2 is 2.06 bits per heavy atom. The number of alkyl halides is 3. The van der Waals surface area contributed by atoms with E-state index < -0.39 is 17.8 Å². The Bertz CT molecular complexity index is 897. The van der Waals surface area contributed by atoms with Crippen molar-refractivity contribution in [2.45, 2.75) is 43.7 Å². The highest BCUT2D eigenvalue weighted by Gasteiger charge is 2.45. The molecule has 2 heterocycles. The lowest BCUT2D eigenvalue weighted by Crippen LogP contribution is -2.47. The second kappa shape index (κ2) is 9.27. The van der Waals surface area contributed by atoms with E-state index in [0.29, 0.717) is 17.7 Å². The number of anilines is 1. The molecule has 1 N–H and O–H groups in total. The highest BCUT2D eigenvalue weighted by Crippen LogP contribution is 2.49. The number of fused-ring (bicyclic) bond motifs is 3. The minimum absolute atomic E-state index is 0.0286. The smallest absolute Gasteiger partial charge is 0.416 e. The first kappa shape index (κ1) is 22.9. The molecule has 174 valence electrons. The zero-order valence-electron chi connectivity index (χ0n) is 18.3. The van der Waals surface area contributed by atoms with E-state index in [9.17, 15) is 18.0 Å². The van der Waals surface area contributed by atoms with Crippen molar-refractivity contribution in [2.24, 2.45) is 11.8 Å². The van der Waals surface area contributed by atoms with Gasteiger partial charge in [0.1, 0.15) is 6.61 Å². The number of allylic oxidation sites excluding steroid dienone is 3. The molecule has 8 heteroatoms. The number of hydrogen-bond donors (Lipinski definition) is 1. The first-order valence-corrected chi connectivity index (χ1v) is 11.0. The Balaban J connectivity index is 1.57. The van der Waals surface area contributed by atoms with Gasteiger partial charge in [0, 0.05) is 29.1 Å². The minimum Gasteiger partial charge on any atom is -0.462 e. The highest BCUT2D eigenvalue weighted by molar-refractivity contribution is 5.71. The summed E-state index contributed by atoms with van der Waals surface area (Å²) in [4.78, 5) is 13.6. The maximum atomic E-state index is 13.4. The molecule has 2 aliphatic heterocycles. The van der Waals surface area contributed by atoms with Crippen LogP contribution in [-0.2, 0) is 20.4 Å². The molecule has 1 aromatic rings. The summed E-state index contributed by atoms with van der Waals surface area (Å²) in [5, 5.41) is 3.51. The normalized spacial score (nSPS) is 29.2. The molecule has 0 bridgehead atoms. The van der Waals surface area contributed by atoms with E-state index in [4.69, 9.17) is 9.47 Å². The van der Waals surface area contributed by atoms with Crippen LogP contribution in [0.5, 0.6) is 0 Å². The standard InChI is InChI=1S/C24H29F3N2O3/c1-29(2)13-21(30)31-14-17-9-10-18-22(15-6-4-3-5-7-15)28-20-11-8-16(24(25,26)27)12-19(20)23(18)32-17/h3-6,8,11-12,15,17-18,22-23,28H,7,9-10,13-14H2,1-2H3/t15?,17-,18+,22+,23+/m1/s1. The van der Waals surface area contributed by atoms with Crippen molar-refractivity contribution in [3.63, 3.8) is 0 Å². The fraction of sp³-hybridized carbons (Fsp3) is 0.542. The highest BCUT2D eigenvalue weighted by atomic mass is 19.4. The molecule has 5 atom stereocenters. The lowest BCUT2D eigenvalue weighted by Gasteiger charge is -2.47. The fourth-order valence-electron chi connectivity index (χ4n) is 4.87. The average Bonchev–Trinajstić information content (AvgIpc) is 2.76. The number of carbonyl (C=O) groups excluding carboxylic acids is 1. The number of likely N-dealkylation sites (N-methyl/N-ethyl adjacent to an activating group) is 1. The van der Waals surface area contributed by atoms with Crippen molar-refractivity contribution < 1.29 is 27.4 Å². The largest absolute Gasteiger partial charge is 0.462 e. The maximum Gasteiger partial charge on any atom is 0.416 e. The van der Waals surface area contributed by atoms with E-state index in [2.05, 4.69) is 17.5 Å². The molecule has 0 saturated carbocycles. The predicted octanol–water partition coefficient (Wildman–Crippen LogP) is 4.57. The topological polar surface area (TPSA) is 50.8 Å². The molecule has 1 aliphatic carbocycles. The third kappa shape index (κ3) is 5.02. The molecule has 3 aliphatic rings. The van der Waals surface area contributed by atoms with Crippen LogP contribution in [0.2, 0.25) is 0 Å². The quantitative estimate of drug-likeness (QED) is 0.666. The number of ether oxygens (including phenoxy) is 2. The van der Waals surface area contributed by atoms with Gasteiger partial charge in [-0.1, -0.05) is 24.3 Å². The third-order valence-electron chi connectivity index (χ3n) is 6.37. The number of esters is 1. The second-order valence-electron chi connectivity index (χ2n) is 9.02. The van der Waals surface area contributed by atoms with Gasteiger partial charge in [0.25, 0.3) is 0 Å². The number of benzene rings is 1. The number of nitrogens with one attached hydrogen (secondary N) is 1. The Kier molecular flexibility index (Phi) is 6.62. The second-order valence-corrected chi connectivity index (χ2v) is 9.02. The first-order valence-electron chi connectivity index (χ1n) is 11.0. The molecular formula is C24H29F3N2O3. The van der Waals surface area contributed by atoms with Gasteiger partial charge in [-0.2, -0.15) is 13.2 Å². The minimum atomic E-state index is -4.42. The van der Waals surface area contributed by atoms with Crippen molar-refractivity contribution >= 4 is 11.7 Å². The number of carbonyl (C=O) groups is 1. The Hall–Kier alpha value is -2.32. The summed E-state index contributed by atoms with van der Waals surface area (Å²) in [5.41, 5.74) is 0.525. The maximum absolute atomic E-state index is 13.4. The zero-order chi connectivity index (χ0) is 22.9. The van der Waals surface area contributed by atoms with Crippen LogP contribution >= 0.6 is 0 Å². The van der Waals surface area contributed by atoms with Crippen LogP contribution in [0.1, 0.15) is 36.5 Å². The van der Waals surface area contributed by atoms with Crippen LogP contribution in [-0.4, -0.2) is 50.3 Å². The summed E-state index contributed by atoms with van der Waals surface area (Å²) >= 11 is 0. The van der Waals surface area contributed by atoms with Crippen molar-refractivity contribution in [2.75, 3.05) is 32.6 Å². The van der Waals surface area contributed by atoms with Crippen LogP contribution in [0.3, 0.4) is 0 Å². The molecule has 0 amide bonds. The van der Waals surface area contributed by atoms with E-state index in [-0.39, 0.29) is 43.1 Å². The first-order chi connectivity index (χ1) is 15.2. The van der Waals surface area contributed by atoms with Gasteiger partial charge in [0.2, 0.25) is 0 Å². The van der Waals surface area contributed by atoms with Gasteiger partial charge in [0.15, 0.2) is 0 Å². The summed E-state index contributed by atoms with van der Waals surface area (Å²) < 4.78 is 51.9. The van der Waals surface area contributed by atoms with Crippen molar-refractivity contribution in [1.82, 2.24) is 4.90 Å². The van der Waals surface area contributed by atoms with Gasteiger partial charge < -0.3 is 14.8 Å². The number of halogens is 3. The van der Waals surface area contributed by atoms with Crippen molar-refractivity contribution in [3.05, 3.63) is 53.6 Å². The summed E-state index contributed by atoms with van der Waals surface area (Å²) in [6, 6.07) is 3.88. The zero-order valence-corrected chi connectivity index (χ0v) is 18.3. The van der Waals surface area contributed by atoms with E-state index in [1.165, 1.54) is 12.1 Å². The molecular weight excluding hydrogens is 421 g/mol. The van der Waals surface area contributed by atoms with Crippen LogP contribution < -0.4 is 5.32 Å². The van der Waals surface area contributed by atoms with Crippen LogP contribution in [0.4, 0.5) is 18.9 Å². The fourth-order valence-corrected chi connectivity index (χ4v) is 4.87. The summed E-state index contributed by atoms with van der Waals surface area (Å²) in [7, 11) is 3.56. The molecule has 0 spiro atoms. The molecule has 0 radical (unpaired) electrons. The molecule has 1 fully saturated rings. The van der Waals surface area contributed by atoms with Gasteiger partial charge >= 0.3 is 12.1 Å². The molecule has 32 heavy (non-hydrogen) atoms. The van der Waals surface area contributed by atoms with Crippen LogP contribution in [0.25, 0.3) is 0 Å². The average molecular weight is 451 g/mol. The summed E-state index contributed by atoms with van der Waals surface area (Å²) in [5.74, 6) is -0.0790. The third-order valence-corrected chi connectivity index (χ3v) is 6.37. The number of rotatable bonds is 5. The Morgan fingerprint density at radius 3 is 2.75 bits per heavy atom. The van der Waals surface area contributed by atoms with E-state index in [1.807, 2.05) is 12.2 Å². The van der Waals surface area contributed by atoms with Crippen molar-refractivity contribution in [1.29, 1.82) is 0 Å². The Labute approximate surface area is 186 Å². The summed E-state index contributed by atoms with van der Waals surface area (Å²) in [6.45, 7) is 0.276. The van der Waals surface area contributed by atoms with E-state index in [0.717, 1.165) is 18.9 Å². The number of nitrogens with zero attached hydrogens (tertiary/aromatic N) is 1. The van der Waals surface area contributed by atoms with Gasteiger partial charge in [0.05, 0.1) is 24.3 Å². The van der Waals surface area contributed by atoms with Gasteiger partial charge in [-0.05, 0) is 51.6 Å². The van der Waals surface area contributed by atoms with Crippen LogP contribution in [0.15, 0.2) is 42.5 Å². The molecule has 5 nitrogen and oxygen atoms in total. The Morgan fingerprint density at radius 1 is 1.25 bits per heavy atom. The molecule has 1 saturated heterocycles. The molecule has 4 rings (SSSR count). The molecule has 1 unspecified atom stereocenters.